The standard InChI is InChI=1S/C35H49N3O/c1-9-28-12-11-13-29(10-2)35(28)33-20-31(22-37-16-18-38(19-17-37)25(5)6)32(27(8)36-33)23-39-34-21-30(24(3)4)15-14-26(34)7/h11-15,20-21,24-25H,9-10,16-19,22-23H2,1-8H3. The van der Waals surface area contributed by atoms with Crippen molar-refractivity contribution in [2.24, 2.45) is 0 Å². The molecule has 0 aliphatic carbocycles. The summed E-state index contributed by atoms with van der Waals surface area (Å²) < 4.78 is 6.54. The second-order valence-corrected chi connectivity index (χ2v) is 11.8. The zero-order chi connectivity index (χ0) is 28.1. The third-order valence-corrected chi connectivity index (χ3v) is 8.46. The minimum absolute atomic E-state index is 0.474. The van der Waals surface area contributed by atoms with Crippen LogP contribution in [-0.4, -0.2) is 47.0 Å². The van der Waals surface area contributed by atoms with Gasteiger partial charge in [0.15, 0.2) is 0 Å². The lowest BCUT2D eigenvalue weighted by Crippen LogP contribution is -2.48. The molecule has 2 aromatic carbocycles. The summed E-state index contributed by atoms with van der Waals surface area (Å²) >= 11 is 0. The minimum Gasteiger partial charge on any atom is -0.489 e. The van der Waals surface area contributed by atoms with Crippen LogP contribution >= 0.6 is 0 Å². The van der Waals surface area contributed by atoms with E-state index in [9.17, 15) is 0 Å². The summed E-state index contributed by atoms with van der Waals surface area (Å²) in [5.74, 6) is 1.45. The summed E-state index contributed by atoms with van der Waals surface area (Å²) in [6.07, 6.45) is 2.01. The Balaban J connectivity index is 1.71. The Morgan fingerprint density at radius 3 is 2.10 bits per heavy atom. The van der Waals surface area contributed by atoms with E-state index in [1.165, 1.54) is 38.9 Å². The molecule has 1 saturated heterocycles. The highest BCUT2D eigenvalue weighted by atomic mass is 16.5. The third-order valence-electron chi connectivity index (χ3n) is 8.46. The molecule has 1 aliphatic rings. The number of benzene rings is 2. The van der Waals surface area contributed by atoms with E-state index in [0.717, 1.165) is 62.7 Å². The number of hydrogen-bond acceptors (Lipinski definition) is 4. The number of piperazine rings is 1. The molecule has 4 heteroatoms. The average molecular weight is 528 g/mol. The largest absolute Gasteiger partial charge is 0.489 e. The molecule has 0 radical (unpaired) electrons. The Bertz CT molecular complexity index is 1230. The molecule has 0 saturated carbocycles. The number of hydrogen-bond donors (Lipinski definition) is 0. The van der Waals surface area contributed by atoms with Crippen LogP contribution in [-0.2, 0) is 26.0 Å². The highest BCUT2D eigenvalue weighted by Crippen LogP contribution is 2.32. The maximum atomic E-state index is 6.54. The highest BCUT2D eigenvalue weighted by molar-refractivity contribution is 5.69. The molecule has 2 heterocycles. The minimum atomic E-state index is 0.474. The quantitative estimate of drug-likeness (QED) is 0.270. The van der Waals surface area contributed by atoms with Crippen molar-refractivity contribution in [1.29, 1.82) is 0 Å². The predicted octanol–water partition coefficient (Wildman–Crippen LogP) is 7.72. The van der Waals surface area contributed by atoms with Crippen molar-refractivity contribution in [3.63, 3.8) is 0 Å². The monoisotopic (exact) mass is 527 g/mol. The highest BCUT2D eigenvalue weighted by Gasteiger charge is 2.22. The lowest BCUT2D eigenvalue weighted by atomic mass is 9.93. The zero-order valence-electron chi connectivity index (χ0n) is 25.6. The van der Waals surface area contributed by atoms with Gasteiger partial charge in [-0.15, -0.1) is 0 Å². The lowest BCUT2D eigenvalue weighted by molar-refractivity contribution is 0.103. The molecule has 210 valence electrons. The smallest absolute Gasteiger partial charge is 0.123 e. The van der Waals surface area contributed by atoms with E-state index in [4.69, 9.17) is 9.72 Å². The van der Waals surface area contributed by atoms with Gasteiger partial charge in [-0.05, 0) is 86.4 Å². The summed E-state index contributed by atoms with van der Waals surface area (Å²) in [6.45, 7) is 23.8. The number of aromatic nitrogens is 1. The van der Waals surface area contributed by atoms with Crippen molar-refractivity contribution in [1.82, 2.24) is 14.8 Å². The molecule has 1 aromatic heterocycles. The average Bonchev–Trinajstić information content (AvgIpc) is 2.92. The van der Waals surface area contributed by atoms with Gasteiger partial charge < -0.3 is 4.74 Å². The van der Waals surface area contributed by atoms with E-state index in [2.05, 4.69) is 108 Å². The van der Waals surface area contributed by atoms with Crippen molar-refractivity contribution in [3.05, 3.63) is 81.5 Å². The first-order valence-electron chi connectivity index (χ1n) is 15.0. The van der Waals surface area contributed by atoms with Crippen molar-refractivity contribution in [2.75, 3.05) is 26.2 Å². The molecule has 4 nitrogen and oxygen atoms in total. The fourth-order valence-electron chi connectivity index (χ4n) is 5.76. The van der Waals surface area contributed by atoms with Crippen LogP contribution in [0.25, 0.3) is 11.3 Å². The Hall–Kier alpha value is -2.69. The van der Waals surface area contributed by atoms with E-state index < -0.39 is 0 Å². The van der Waals surface area contributed by atoms with Gasteiger partial charge >= 0.3 is 0 Å². The number of aryl methyl sites for hydroxylation is 4. The Labute approximate surface area is 237 Å². The summed E-state index contributed by atoms with van der Waals surface area (Å²) in [6, 6.07) is 16.3. The normalized spacial score (nSPS) is 14.9. The topological polar surface area (TPSA) is 28.6 Å². The molecular formula is C35H49N3O. The van der Waals surface area contributed by atoms with Crippen LogP contribution < -0.4 is 4.74 Å². The van der Waals surface area contributed by atoms with Crippen LogP contribution in [0.4, 0.5) is 0 Å². The van der Waals surface area contributed by atoms with Gasteiger partial charge in [-0.1, -0.05) is 58.0 Å². The molecule has 0 bridgehead atoms. The van der Waals surface area contributed by atoms with Gasteiger partial charge in [0.1, 0.15) is 12.4 Å². The molecule has 0 spiro atoms. The molecule has 0 amide bonds. The van der Waals surface area contributed by atoms with Gasteiger partial charge in [-0.25, -0.2) is 0 Å². The molecule has 4 rings (SSSR count). The number of nitrogens with zero attached hydrogens (tertiary/aromatic N) is 3. The summed E-state index contributed by atoms with van der Waals surface area (Å²) in [7, 11) is 0. The zero-order valence-corrected chi connectivity index (χ0v) is 25.6. The van der Waals surface area contributed by atoms with Gasteiger partial charge in [-0.3, -0.25) is 14.8 Å². The van der Waals surface area contributed by atoms with Crippen molar-refractivity contribution in [2.45, 2.75) is 93.3 Å². The summed E-state index contributed by atoms with van der Waals surface area (Å²) in [4.78, 5) is 10.4. The first-order chi connectivity index (χ1) is 18.7. The first kappa shape index (κ1) is 29.3. The van der Waals surface area contributed by atoms with Crippen molar-refractivity contribution >= 4 is 0 Å². The maximum Gasteiger partial charge on any atom is 0.123 e. The third kappa shape index (κ3) is 6.91. The van der Waals surface area contributed by atoms with Crippen LogP contribution in [0.5, 0.6) is 5.75 Å². The van der Waals surface area contributed by atoms with E-state index >= 15 is 0 Å². The molecule has 39 heavy (non-hydrogen) atoms. The fourth-order valence-corrected chi connectivity index (χ4v) is 5.76. The lowest BCUT2D eigenvalue weighted by Gasteiger charge is -2.37. The maximum absolute atomic E-state index is 6.54. The van der Waals surface area contributed by atoms with Crippen molar-refractivity contribution in [3.8, 4) is 17.0 Å². The summed E-state index contributed by atoms with van der Waals surface area (Å²) in [5, 5.41) is 0. The van der Waals surface area contributed by atoms with E-state index in [1.807, 2.05) is 0 Å². The van der Waals surface area contributed by atoms with Gasteiger partial charge in [0.05, 0.1) is 5.69 Å². The Morgan fingerprint density at radius 2 is 1.51 bits per heavy atom. The molecule has 0 unspecified atom stereocenters. The molecule has 0 atom stereocenters. The molecule has 0 N–H and O–H groups in total. The Morgan fingerprint density at radius 1 is 0.846 bits per heavy atom. The van der Waals surface area contributed by atoms with E-state index in [1.54, 1.807) is 0 Å². The second-order valence-electron chi connectivity index (χ2n) is 11.8. The molecule has 1 aliphatic heterocycles. The number of ether oxygens (including phenoxy) is 1. The van der Waals surface area contributed by atoms with Crippen molar-refractivity contribution < 1.29 is 4.74 Å². The molecule has 1 fully saturated rings. The fraction of sp³-hybridized carbons (Fsp3) is 0.514. The molecular weight excluding hydrogens is 478 g/mol. The van der Waals surface area contributed by atoms with Gasteiger partial charge in [-0.2, -0.15) is 0 Å². The van der Waals surface area contributed by atoms with Crippen LogP contribution in [0.3, 0.4) is 0 Å². The van der Waals surface area contributed by atoms with E-state index in [0.29, 0.717) is 18.6 Å². The van der Waals surface area contributed by atoms with Gasteiger partial charge in [0.25, 0.3) is 0 Å². The van der Waals surface area contributed by atoms with Crippen LogP contribution in [0, 0.1) is 13.8 Å². The van der Waals surface area contributed by atoms with E-state index in [-0.39, 0.29) is 0 Å². The van der Waals surface area contributed by atoms with Crippen LogP contribution in [0.15, 0.2) is 42.5 Å². The number of pyridine rings is 1. The van der Waals surface area contributed by atoms with Crippen LogP contribution in [0.1, 0.15) is 86.5 Å². The predicted molar refractivity (Wildman–Crippen MR) is 165 cm³/mol. The first-order valence-corrected chi connectivity index (χ1v) is 15.0. The van der Waals surface area contributed by atoms with Crippen LogP contribution in [0.2, 0.25) is 0 Å². The Kier molecular flexibility index (Phi) is 9.85. The van der Waals surface area contributed by atoms with Gasteiger partial charge in [0.2, 0.25) is 0 Å². The summed E-state index contributed by atoms with van der Waals surface area (Å²) in [5.41, 5.74) is 11.3. The molecule has 3 aromatic rings. The SMILES string of the molecule is CCc1cccc(CC)c1-c1cc(CN2CCN(C(C)C)CC2)c(COc2cc(C(C)C)ccc2C)c(C)n1. The van der Waals surface area contributed by atoms with Gasteiger partial charge in [0, 0.05) is 55.6 Å². The second kappa shape index (κ2) is 13.1. The number of rotatable bonds is 10.